The SMILES string of the molecule is CCC(CN)C(=O)N1CCCN(CCOC)CC1. The molecule has 1 atom stereocenters. The van der Waals surface area contributed by atoms with Gasteiger partial charge in [-0.15, -0.1) is 0 Å². The molecule has 18 heavy (non-hydrogen) atoms. The van der Waals surface area contributed by atoms with Crippen molar-refractivity contribution in [3.63, 3.8) is 0 Å². The lowest BCUT2D eigenvalue weighted by atomic mass is 10.1. The molecular weight excluding hydrogens is 230 g/mol. The maximum Gasteiger partial charge on any atom is 0.226 e. The number of carbonyl (C=O) groups is 1. The highest BCUT2D eigenvalue weighted by molar-refractivity contribution is 5.79. The Bertz CT molecular complexity index is 244. The molecule has 0 radical (unpaired) electrons. The molecule has 5 heteroatoms. The first-order valence-corrected chi connectivity index (χ1v) is 6.93. The molecule has 0 aliphatic carbocycles. The number of nitrogens with zero attached hydrogens (tertiary/aromatic N) is 2. The van der Waals surface area contributed by atoms with Gasteiger partial charge in [0, 0.05) is 39.8 Å². The lowest BCUT2D eigenvalue weighted by Gasteiger charge is -2.25. The minimum atomic E-state index is -0.00414. The van der Waals surface area contributed by atoms with Gasteiger partial charge in [-0.3, -0.25) is 9.69 Å². The Morgan fingerprint density at radius 1 is 1.33 bits per heavy atom. The van der Waals surface area contributed by atoms with Gasteiger partial charge in [-0.25, -0.2) is 0 Å². The third-order valence-electron chi connectivity index (χ3n) is 3.64. The first kappa shape index (κ1) is 15.4. The van der Waals surface area contributed by atoms with E-state index in [1.54, 1.807) is 7.11 Å². The van der Waals surface area contributed by atoms with Gasteiger partial charge in [-0.05, 0) is 19.4 Å². The molecule has 2 N–H and O–H groups in total. The molecule has 1 heterocycles. The molecule has 0 bridgehead atoms. The standard InChI is InChI=1S/C13H27N3O2/c1-3-12(11-14)13(17)16-6-4-5-15(7-8-16)9-10-18-2/h12H,3-11,14H2,1-2H3. The number of ether oxygens (including phenoxy) is 1. The molecule has 1 amide bonds. The van der Waals surface area contributed by atoms with Crippen molar-refractivity contribution in [2.45, 2.75) is 19.8 Å². The molecule has 0 saturated carbocycles. The van der Waals surface area contributed by atoms with Crippen LogP contribution in [0.25, 0.3) is 0 Å². The summed E-state index contributed by atoms with van der Waals surface area (Å²) in [5.41, 5.74) is 5.65. The van der Waals surface area contributed by atoms with Crippen molar-refractivity contribution in [2.24, 2.45) is 11.7 Å². The second-order valence-electron chi connectivity index (χ2n) is 4.85. The van der Waals surface area contributed by atoms with Crippen LogP contribution in [0.1, 0.15) is 19.8 Å². The summed E-state index contributed by atoms with van der Waals surface area (Å²) < 4.78 is 5.09. The molecule has 0 aromatic carbocycles. The summed E-state index contributed by atoms with van der Waals surface area (Å²) in [5, 5.41) is 0. The van der Waals surface area contributed by atoms with E-state index >= 15 is 0 Å². The molecule has 0 aromatic rings. The fourth-order valence-electron chi connectivity index (χ4n) is 2.34. The van der Waals surface area contributed by atoms with Crippen molar-refractivity contribution in [3.8, 4) is 0 Å². The van der Waals surface area contributed by atoms with E-state index in [4.69, 9.17) is 10.5 Å². The Balaban J connectivity index is 2.43. The van der Waals surface area contributed by atoms with E-state index < -0.39 is 0 Å². The highest BCUT2D eigenvalue weighted by Crippen LogP contribution is 2.10. The van der Waals surface area contributed by atoms with Crippen molar-refractivity contribution in [1.82, 2.24) is 9.80 Å². The van der Waals surface area contributed by atoms with Crippen molar-refractivity contribution < 1.29 is 9.53 Å². The van der Waals surface area contributed by atoms with E-state index in [1.807, 2.05) is 11.8 Å². The minimum absolute atomic E-state index is 0.00414. The van der Waals surface area contributed by atoms with Crippen LogP contribution in [0.2, 0.25) is 0 Å². The van der Waals surface area contributed by atoms with Crippen LogP contribution in [0.3, 0.4) is 0 Å². The number of carbonyl (C=O) groups excluding carboxylic acids is 1. The third-order valence-corrected chi connectivity index (χ3v) is 3.64. The van der Waals surface area contributed by atoms with Crippen LogP contribution in [0.5, 0.6) is 0 Å². The predicted molar refractivity (Wildman–Crippen MR) is 72.3 cm³/mol. The molecule has 106 valence electrons. The zero-order chi connectivity index (χ0) is 13.4. The van der Waals surface area contributed by atoms with E-state index in [1.165, 1.54) is 0 Å². The number of methoxy groups -OCH3 is 1. The average Bonchev–Trinajstić information content (AvgIpc) is 2.63. The van der Waals surface area contributed by atoms with Gasteiger partial charge >= 0.3 is 0 Å². The van der Waals surface area contributed by atoms with Gasteiger partial charge in [0.15, 0.2) is 0 Å². The Morgan fingerprint density at radius 3 is 2.72 bits per heavy atom. The van der Waals surface area contributed by atoms with Gasteiger partial charge in [-0.1, -0.05) is 6.92 Å². The van der Waals surface area contributed by atoms with Gasteiger partial charge in [-0.2, -0.15) is 0 Å². The van der Waals surface area contributed by atoms with Crippen molar-refractivity contribution >= 4 is 5.91 Å². The summed E-state index contributed by atoms with van der Waals surface area (Å²) in [6.07, 6.45) is 1.87. The van der Waals surface area contributed by atoms with E-state index in [0.29, 0.717) is 6.54 Å². The summed E-state index contributed by atoms with van der Waals surface area (Å²) in [6, 6.07) is 0. The topological polar surface area (TPSA) is 58.8 Å². The molecule has 1 aliphatic heterocycles. The second-order valence-corrected chi connectivity index (χ2v) is 4.85. The first-order chi connectivity index (χ1) is 8.72. The maximum absolute atomic E-state index is 12.2. The summed E-state index contributed by atoms with van der Waals surface area (Å²) in [5.74, 6) is 0.226. The number of rotatable bonds is 6. The highest BCUT2D eigenvalue weighted by Gasteiger charge is 2.23. The monoisotopic (exact) mass is 257 g/mol. The van der Waals surface area contributed by atoms with Crippen LogP contribution in [0.15, 0.2) is 0 Å². The van der Waals surface area contributed by atoms with Gasteiger partial charge in [0.1, 0.15) is 0 Å². The number of nitrogens with two attached hydrogens (primary N) is 1. The Hall–Kier alpha value is -0.650. The quantitative estimate of drug-likeness (QED) is 0.736. The molecule has 0 spiro atoms. The summed E-state index contributed by atoms with van der Waals surface area (Å²) in [4.78, 5) is 16.6. The van der Waals surface area contributed by atoms with E-state index in [9.17, 15) is 4.79 Å². The van der Waals surface area contributed by atoms with E-state index in [0.717, 1.165) is 52.2 Å². The molecule has 1 aliphatic rings. The summed E-state index contributed by atoms with van der Waals surface area (Å²) in [7, 11) is 1.72. The largest absolute Gasteiger partial charge is 0.383 e. The number of amides is 1. The molecule has 5 nitrogen and oxygen atoms in total. The van der Waals surface area contributed by atoms with Crippen LogP contribution in [-0.2, 0) is 9.53 Å². The van der Waals surface area contributed by atoms with Crippen molar-refractivity contribution in [3.05, 3.63) is 0 Å². The van der Waals surface area contributed by atoms with Crippen LogP contribution in [0.4, 0.5) is 0 Å². The van der Waals surface area contributed by atoms with Gasteiger partial charge in [0.25, 0.3) is 0 Å². The number of hydrogen-bond donors (Lipinski definition) is 1. The molecule has 1 fully saturated rings. The van der Waals surface area contributed by atoms with Gasteiger partial charge in [0.2, 0.25) is 5.91 Å². The predicted octanol–water partition coefficient (Wildman–Crippen LogP) is 0.152. The lowest BCUT2D eigenvalue weighted by Crippen LogP contribution is -2.41. The van der Waals surface area contributed by atoms with Crippen LogP contribution in [-0.4, -0.2) is 68.7 Å². The second kappa shape index (κ2) is 8.45. The van der Waals surface area contributed by atoms with Crippen LogP contribution >= 0.6 is 0 Å². The fraction of sp³-hybridized carbons (Fsp3) is 0.923. The molecule has 1 saturated heterocycles. The van der Waals surface area contributed by atoms with Crippen LogP contribution < -0.4 is 5.73 Å². The fourth-order valence-corrected chi connectivity index (χ4v) is 2.34. The molecular formula is C13H27N3O2. The Kier molecular flexibility index (Phi) is 7.23. The van der Waals surface area contributed by atoms with Crippen molar-refractivity contribution in [2.75, 3.05) is 53.0 Å². The minimum Gasteiger partial charge on any atom is -0.383 e. The molecule has 0 aromatic heterocycles. The average molecular weight is 257 g/mol. The number of hydrogen-bond acceptors (Lipinski definition) is 4. The molecule has 1 unspecified atom stereocenters. The summed E-state index contributed by atoms with van der Waals surface area (Å²) in [6.45, 7) is 7.86. The Labute approximate surface area is 110 Å². The van der Waals surface area contributed by atoms with E-state index in [-0.39, 0.29) is 11.8 Å². The molecule has 1 rings (SSSR count). The van der Waals surface area contributed by atoms with Gasteiger partial charge < -0.3 is 15.4 Å². The van der Waals surface area contributed by atoms with E-state index in [2.05, 4.69) is 4.90 Å². The smallest absolute Gasteiger partial charge is 0.226 e. The Morgan fingerprint density at radius 2 is 2.11 bits per heavy atom. The third kappa shape index (κ3) is 4.55. The lowest BCUT2D eigenvalue weighted by molar-refractivity contribution is -0.135. The first-order valence-electron chi connectivity index (χ1n) is 6.93. The van der Waals surface area contributed by atoms with Gasteiger partial charge in [0.05, 0.1) is 12.5 Å². The zero-order valence-electron chi connectivity index (χ0n) is 11.7. The van der Waals surface area contributed by atoms with Crippen molar-refractivity contribution in [1.29, 1.82) is 0 Å². The van der Waals surface area contributed by atoms with Crippen LogP contribution in [0, 0.1) is 5.92 Å². The highest BCUT2D eigenvalue weighted by atomic mass is 16.5. The normalized spacial score (nSPS) is 19.6. The summed E-state index contributed by atoms with van der Waals surface area (Å²) >= 11 is 0. The maximum atomic E-state index is 12.2. The zero-order valence-corrected chi connectivity index (χ0v) is 11.7.